The number of aliphatic hydroxyl groups excluding tert-OH is 1. The number of piperidine rings is 1. The molecule has 3 rings (SSSR count). The minimum absolute atomic E-state index is 0.255. The number of likely N-dealkylation sites (tertiary alicyclic amines) is 1. The summed E-state index contributed by atoms with van der Waals surface area (Å²) in [6.45, 7) is 4.48. The Bertz CT molecular complexity index is 627. The van der Waals surface area contributed by atoms with Crippen molar-refractivity contribution in [2.75, 3.05) is 13.1 Å². The van der Waals surface area contributed by atoms with Gasteiger partial charge in [-0.25, -0.2) is 4.98 Å². The van der Waals surface area contributed by atoms with Crippen LogP contribution in [0.2, 0.25) is 5.02 Å². The lowest BCUT2D eigenvalue weighted by molar-refractivity contribution is 0.0566. The van der Waals surface area contributed by atoms with Gasteiger partial charge >= 0.3 is 0 Å². The van der Waals surface area contributed by atoms with E-state index in [-0.39, 0.29) is 6.10 Å². The van der Waals surface area contributed by atoms with Gasteiger partial charge in [-0.2, -0.15) is 0 Å². The molecule has 1 N–H and O–H groups in total. The molecule has 1 aromatic heterocycles. The lowest BCUT2D eigenvalue weighted by Gasteiger charge is -2.33. The Hall–Kier alpha value is -1.36. The fourth-order valence-electron chi connectivity index (χ4n) is 2.98. The molecule has 22 heavy (non-hydrogen) atoms. The molecule has 5 heteroatoms. The van der Waals surface area contributed by atoms with Gasteiger partial charge < -0.3 is 9.52 Å². The van der Waals surface area contributed by atoms with Crippen LogP contribution in [0.4, 0.5) is 0 Å². The van der Waals surface area contributed by atoms with Gasteiger partial charge in [-0.15, -0.1) is 0 Å². The molecule has 2 aromatic rings. The highest BCUT2D eigenvalue weighted by Gasteiger charge is 2.24. The SMILES string of the molecule is CC(O)C1CCCN(Cc2ncc(-c3cccc(Cl)c3)o2)C1. The number of halogens is 1. The Kier molecular flexibility index (Phi) is 4.81. The molecule has 0 saturated carbocycles. The molecule has 1 fully saturated rings. The summed E-state index contributed by atoms with van der Waals surface area (Å²) in [5, 5.41) is 10.4. The molecule has 1 aliphatic rings. The zero-order chi connectivity index (χ0) is 15.5. The third-order valence-electron chi connectivity index (χ3n) is 4.25. The van der Waals surface area contributed by atoms with Crippen molar-refractivity contribution < 1.29 is 9.52 Å². The van der Waals surface area contributed by atoms with Crippen molar-refractivity contribution in [2.45, 2.75) is 32.4 Å². The summed E-state index contributed by atoms with van der Waals surface area (Å²) < 4.78 is 5.85. The monoisotopic (exact) mass is 320 g/mol. The highest BCUT2D eigenvalue weighted by Crippen LogP contribution is 2.25. The van der Waals surface area contributed by atoms with Crippen LogP contribution in [-0.2, 0) is 6.54 Å². The normalized spacial score (nSPS) is 21.0. The van der Waals surface area contributed by atoms with Gasteiger partial charge in [-0.3, -0.25) is 4.90 Å². The van der Waals surface area contributed by atoms with Gasteiger partial charge in [0.1, 0.15) is 0 Å². The number of rotatable bonds is 4. The molecule has 4 nitrogen and oxygen atoms in total. The molecule has 0 aliphatic carbocycles. The lowest BCUT2D eigenvalue weighted by Crippen LogP contribution is -2.39. The van der Waals surface area contributed by atoms with Crippen molar-refractivity contribution in [3.63, 3.8) is 0 Å². The average Bonchev–Trinajstić information content (AvgIpc) is 2.96. The molecule has 0 amide bonds. The number of oxazole rings is 1. The second kappa shape index (κ2) is 6.82. The van der Waals surface area contributed by atoms with Gasteiger partial charge in [0.2, 0.25) is 5.89 Å². The van der Waals surface area contributed by atoms with Crippen molar-refractivity contribution in [1.82, 2.24) is 9.88 Å². The molecule has 2 unspecified atom stereocenters. The topological polar surface area (TPSA) is 49.5 Å². The van der Waals surface area contributed by atoms with E-state index in [1.54, 1.807) is 6.20 Å². The highest BCUT2D eigenvalue weighted by atomic mass is 35.5. The van der Waals surface area contributed by atoms with Crippen molar-refractivity contribution >= 4 is 11.6 Å². The van der Waals surface area contributed by atoms with Crippen LogP contribution < -0.4 is 0 Å². The van der Waals surface area contributed by atoms with Gasteiger partial charge in [0, 0.05) is 17.1 Å². The van der Waals surface area contributed by atoms with Crippen LogP contribution in [0.1, 0.15) is 25.7 Å². The molecule has 0 bridgehead atoms. The van der Waals surface area contributed by atoms with Gasteiger partial charge in [-0.1, -0.05) is 23.7 Å². The summed E-state index contributed by atoms with van der Waals surface area (Å²) in [6, 6.07) is 7.57. The molecule has 1 aliphatic heterocycles. The van der Waals surface area contributed by atoms with Crippen LogP contribution in [0.3, 0.4) is 0 Å². The summed E-state index contributed by atoms with van der Waals surface area (Å²) in [4.78, 5) is 6.67. The molecular weight excluding hydrogens is 300 g/mol. The Labute approximate surface area is 135 Å². The summed E-state index contributed by atoms with van der Waals surface area (Å²) in [6.07, 6.45) is 3.69. The Morgan fingerprint density at radius 1 is 1.50 bits per heavy atom. The number of nitrogens with zero attached hydrogens (tertiary/aromatic N) is 2. The first-order valence-corrected chi connectivity index (χ1v) is 8.10. The molecular formula is C17H21ClN2O2. The first kappa shape index (κ1) is 15.5. The van der Waals surface area contributed by atoms with Crippen molar-refractivity contribution in [1.29, 1.82) is 0 Å². The summed E-state index contributed by atoms with van der Waals surface area (Å²) >= 11 is 6.01. The second-order valence-electron chi connectivity index (χ2n) is 6.01. The van der Waals surface area contributed by atoms with Crippen molar-refractivity contribution in [2.24, 2.45) is 5.92 Å². The van der Waals surface area contributed by atoms with Gasteiger partial charge in [0.15, 0.2) is 5.76 Å². The Morgan fingerprint density at radius 2 is 2.36 bits per heavy atom. The van der Waals surface area contributed by atoms with E-state index in [1.165, 1.54) is 0 Å². The predicted octanol–water partition coefficient (Wildman–Crippen LogP) is 3.59. The Balaban J connectivity index is 1.67. The fourth-order valence-corrected chi connectivity index (χ4v) is 3.17. The highest BCUT2D eigenvalue weighted by molar-refractivity contribution is 6.30. The molecule has 1 aromatic carbocycles. The average molecular weight is 321 g/mol. The smallest absolute Gasteiger partial charge is 0.209 e. The van der Waals surface area contributed by atoms with E-state index >= 15 is 0 Å². The van der Waals surface area contributed by atoms with Crippen molar-refractivity contribution in [3.05, 3.63) is 41.4 Å². The quantitative estimate of drug-likeness (QED) is 0.935. The maximum Gasteiger partial charge on any atom is 0.209 e. The van der Waals surface area contributed by atoms with Crippen molar-refractivity contribution in [3.8, 4) is 11.3 Å². The van der Waals surface area contributed by atoms with Gasteiger partial charge in [0.25, 0.3) is 0 Å². The van der Waals surface area contributed by atoms with E-state index in [1.807, 2.05) is 31.2 Å². The molecule has 1 saturated heterocycles. The summed E-state index contributed by atoms with van der Waals surface area (Å²) in [5.41, 5.74) is 0.937. The van der Waals surface area contributed by atoms with Crippen LogP contribution >= 0.6 is 11.6 Å². The number of benzene rings is 1. The third-order valence-corrected chi connectivity index (χ3v) is 4.48. The second-order valence-corrected chi connectivity index (χ2v) is 6.44. The summed E-state index contributed by atoms with van der Waals surface area (Å²) in [7, 11) is 0. The fraction of sp³-hybridized carbons (Fsp3) is 0.471. The van der Waals surface area contributed by atoms with E-state index in [0.717, 1.165) is 37.3 Å². The molecule has 0 spiro atoms. The molecule has 0 radical (unpaired) electrons. The largest absolute Gasteiger partial charge is 0.439 e. The van der Waals surface area contributed by atoms with Crippen LogP contribution in [0.25, 0.3) is 11.3 Å². The van der Waals surface area contributed by atoms with Gasteiger partial charge in [-0.05, 0) is 44.4 Å². The van der Waals surface area contributed by atoms with E-state index in [4.69, 9.17) is 16.0 Å². The molecule has 2 heterocycles. The van der Waals surface area contributed by atoms with Gasteiger partial charge in [0.05, 0.1) is 18.8 Å². The maximum absolute atomic E-state index is 9.76. The zero-order valence-corrected chi connectivity index (χ0v) is 13.5. The number of hydrogen-bond acceptors (Lipinski definition) is 4. The minimum atomic E-state index is -0.255. The molecule has 2 atom stereocenters. The van der Waals surface area contributed by atoms with E-state index in [9.17, 15) is 5.11 Å². The Morgan fingerprint density at radius 3 is 3.14 bits per heavy atom. The summed E-state index contributed by atoms with van der Waals surface area (Å²) in [5.74, 6) is 1.79. The molecule has 118 valence electrons. The van der Waals surface area contributed by atoms with Crippen LogP contribution in [0.15, 0.2) is 34.9 Å². The lowest BCUT2D eigenvalue weighted by atomic mass is 9.93. The minimum Gasteiger partial charge on any atom is -0.439 e. The zero-order valence-electron chi connectivity index (χ0n) is 12.7. The first-order chi connectivity index (χ1) is 10.6. The van der Waals surface area contributed by atoms with Crippen LogP contribution in [-0.4, -0.2) is 34.2 Å². The van der Waals surface area contributed by atoms with Crippen LogP contribution in [0, 0.1) is 5.92 Å². The number of aliphatic hydroxyl groups is 1. The van der Waals surface area contributed by atoms with Crippen LogP contribution in [0.5, 0.6) is 0 Å². The number of hydrogen-bond donors (Lipinski definition) is 1. The predicted molar refractivity (Wildman–Crippen MR) is 86.6 cm³/mol. The maximum atomic E-state index is 9.76. The first-order valence-electron chi connectivity index (χ1n) is 7.73. The standard InChI is InChI=1S/C17H21ClN2O2/c1-12(21)14-5-3-7-20(10-14)11-17-19-9-16(22-17)13-4-2-6-15(18)8-13/h2,4,6,8-9,12,14,21H,3,5,7,10-11H2,1H3. The van der Waals surface area contributed by atoms with E-state index in [0.29, 0.717) is 23.4 Å². The number of aromatic nitrogens is 1. The van der Waals surface area contributed by atoms with E-state index in [2.05, 4.69) is 9.88 Å². The third kappa shape index (κ3) is 3.69. The van der Waals surface area contributed by atoms with E-state index < -0.39 is 0 Å².